The fourth-order valence-electron chi connectivity index (χ4n) is 6.01. The molecule has 6 atom stereocenters. The van der Waals surface area contributed by atoms with Crippen LogP contribution in [0.1, 0.15) is 79.1 Å². The van der Waals surface area contributed by atoms with E-state index in [1.54, 1.807) is 0 Å². The van der Waals surface area contributed by atoms with Crippen molar-refractivity contribution in [2.24, 2.45) is 17.3 Å². The van der Waals surface area contributed by atoms with Crippen molar-refractivity contribution in [2.75, 3.05) is 6.61 Å². The van der Waals surface area contributed by atoms with Crippen molar-refractivity contribution in [2.45, 2.75) is 103 Å². The van der Waals surface area contributed by atoms with E-state index in [0.717, 1.165) is 55.2 Å². The van der Waals surface area contributed by atoms with E-state index in [1.807, 2.05) is 13.8 Å². The Morgan fingerprint density at radius 1 is 1.20 bits per heavy atom. The molecule has 0 aromatic rings. The SMILES string of the molecule is C=C1CC[C@H](O)CC1=C/C=C1\C(O)CC[C@]2(C)[C@@H]([C@H](C)OCCC(C)(C)O)CC[C@@H]12. The highest BCUT2D eigenvalue weighted by atomic mass is 16.5. The molecule has 0 amide bonds. The number of ether oxygens (including phenoxy) is 1. The fourth-order valence-corrected chi connectivity index (χ4v) is 6.01. The molecule has 0 aromatic carbocycles. The van der Waals surface area contributed by atoms with Crippen molar-refractivity contribution in [3.05, 3.63) is 35.5 Å². The second kappa shape index (κ2) is 9.28. The van der Waals surface area contributed by atoms with E-state index >= 15 is 0 Å². The number of hydrogen-bond donors (Lipinski definition) is 3. The lowest BCUT2D eigenvalue weighted by Crippen LogP contribution is -2.42. The summed E-state index contributed by atoms with van der Waals surface area (Å²) in [6, 6.07) is 0. The van der Waals surface area contributed by atoms with Crippen LogP contribution in [0.2, 0.25) is 0 Å². The van der Waals surface area contributed by atoms with Gasteiger partial charge in [-0.2, -0.15) is 0 Å². The minimum atomic E-state index is -0.698. The van der Waals surface area contributed by atoms with Gasteiger partial charge < -0.3 is 20.1 Å². The highest BCUT2D eigenvalue weighted by Gasteiger charge is 2.53. The van der Waals surface area contributed by atoms with Crippen LogP contribution < -0.4 is 0 Å². The van der Waals surface area contributed by atoms with E-state index in [9.17, 15) is 15.3 Å². The lowest BCUT2D eigenvalue weighted by atomic mass is 9.61. The standard InChI is InChI=1S/C26H42O4/c1-17-6-8-20(27)16-19(17)7-9-21-23-11-10-22(26(23,5)13-12-24(21)28)18(2)30-15-14-25(3,4)29/h7,9,18,20,22-24,27-29H,1,6,8,10-16H2,2-5H3/b19-7?,21-9-/t18-,20-,22+,23-,24?,26+/m0/s1. The minimum Gasteiger partial charge on any atom is -0.393 e. The van der Waals surface area contributed by atoms with Gasteiger partial charge in [0.2, 0.25) is 0 Å². The number of hydrogen-bond acceptors (Lipinski definition) is 4. The number of fused-ring (bicyclic) bond motifs is 1. The summed E-state index contributed by atoms with van der Waals surface area (Å²) in [4.78, 5) is 0. The van der Waals surface area contributed by atoms with Gasteiger partial charge in [-0.3, -0.25) is 0 Å². The Labute approximate surface area is 182 Å². The minimum absolute atomic E-state index is 0.126. The van der Waals surface area contributed by atoms with Crippen molar-refractivity contribution < 1.29 is 20.1 Å². The summed E-state index contributed by atoms with van der Waals surface area (Å²) in [7, 11) is 0. The van der Waals surface area contributed by atoms with Gasteiger partial charge in [0.25, 0.3) is 0 Å². The third-order valence-corrected chi connectivity index (χ3v) is 7.98. The number of allylic oxidation sites excluding steroid dienone is 3. The zero-order valence-corrected chi connectivity index (χ0v) is 19.4. The summed E-state index contributed by atoms with van der Waals surface area (Å²) in [6.45, 7) is 12.9. The molecule has 3 aliphatic carbocycles. The lowest BCUT2D eigenvalue weighted by Gasteiger charge is -2.45. The van der Waals surface area contributed by atoms with E-state index in [0.29, 0.717) is 31.3 Å². The Morgan fingerprint density at radius 3 is 2.63 bits per heavy atom. The predicted molar refractivity (Wildman–Crippen MR) is 121 cm³/mol. The predicted octanol–water partition coefficient (Wildman–Crippen LogP) is 4.69. The van der Waals surface area contributed by atoms with E-state index in [2.05, 4.69) is 32.6 Å². The molecule has 1 unspecified atom stereocenters. The van der Waals surface area contributed by atoms with Crippen LogP contribution in [0.3, 0.4) is 0 Å². The Bertz CT molecular complexity index is 686. The molecule has 170 valence electrons. The van der Waals surface area contributed by atoms with Crippen LogP contribution in [0.15, 0.2) is 35.5 Å². The van der Waals surface area contributed by atoms with Crippen molar-refractivity contribution in [1.82, 2.24) is 0 Å². The molecule has 0 aliphatic heterocycles. The van der Waals surface area contributed by atoms with Gasteiger partial charge in [0.15, 0.2) is 0 Å². The van der Waals surface area contributed by atoms with Gasteiger partial charge in [-0.15, -0.1) is 0 Å². The Morgan fingerprint density at radius 2 is 1.93 bits per heavy atom. The molecule has 3 rings (SSSR count). The molecule has 4 nitrogen and oxygen atoms in total. The van der Waals surface area contributed by atoms with Crippen molar-refractivity contribution >= 4 is 0 Å². The molecule has 4 heteroatoms. The monoisotopic (exact) mass is 418 g/mol. The zero-order chi connectivity index (χ0) is 22.1. The van der Waals surface area contributed by atoms with E-state index in [1.165, 1.54) is 0 Å². The van der Waals surface area contributed by atoms with Gasteiger partial charge >= 0.3 is 0 Å². The maximum atomic E-state index is 10.8. The molecule has 0 spiro atoms. The smallest absolute Gasteiger partial charge is 0.0756 e. The number of rotatable bonds is 6. The third kappa shape index (κ3) is 5.27. The topological polar surface area (TPSA) is 69.9 Å². The van der Waals surface area contributed by atoms with Crippen LogP contribution in [-0.2, 0) is 4.74 Å². The highest BCUT2D eigenvalue weighted by Crippen LogP contribution is 2.58. The summed E-state index contributed by atoms with van der Waals surface area (Å²) in [6.07, 6.45) is 10.7. The molecule has 3 fully saturated rings. The summed E-state index contributed by atoms with van der Waals surface area (Å²) >= 11 is 0. The van der Waals surface area contributed by atoms with Crippen LogP contribution >= 0.6 is 0 Å². The normalized spacial score (nSPS) is 38.8. The Balaban J connectivity index is 1.73. The third-order valence-electron chi connectivity index (χ3n) is 7.98. The quantitative estimate of drug-likeness (QED) is 0.585. The highest BCUT2D eigenvalue weighted by molar-refractivity contribution is 5.37. The Kier molecular flexibility index (Phi) is 7.33. The molecule has 3 saturated carbocycles. The van der Waals surface area contributed by atoms with Crippen molar-refractivity contribution in [3.63, 3.8) is 0 Å². The first-order chi connectivity index (χ1) is 14.0. The van der Waals surface area contributed by atoms with Gasteiger partial charge in [0.1, 0.15) is 0 Å². The molecule has 0 heterocycles. The average molecular weight is 419 g/mol. The van der Waals surface area contributed by atoms with E-state index in [-0.39, 0.29) is 23.7 Å². The van der Waals surface area contributed by atoms with Crippen LogP contribution in [0.25, 0.3) is 0 Å². The van der Waals surface area contributed by atoms with Crippen LogP contribution in [0.4, 0.5) is 0 Å². The van der Waals surface area contributed by atoms with Crippen molar-refractivity contribution in [1.29, 1.82) is 0 Å². The first kappa shape index (κ1) is 23.7. The number of aliphatic hydroxyl groups is 3. The molecular formula is C26H42O4. The second-order valence-electron chi connectivity index (χ2n) is 10.8. The molecule has 3 aliphatic rings. The Hall–Kier alpha value is -0.940. The van der Waals surface area contributed by atoms with Crippen LogP contribution in [0, 0.1) is 17.3 Å². The van der Waals surface area contributed by atoms with Gasteiger partial charge in [0, 0.05) is 6.61 Å². The zero-order valence-electron chi connectivity index (χ0n) is 19.4. The molecule has 0 saturated heterocycles. The second-order valence-corrected chi connectivity index (χ2v) is 10.8. The van der Waals surface area contributed by atoms with E-state index in [4.69, 9.17) is 4.74 Å². The first-order valence-electron chi connectivity index (χ1n) is 11.8. The molecule has 0 bridgehead atoms. The largest absolute Gasteiger partial charge is 0.393 e. The van der Waals surface area contributed by atoms with Gasteiger partial charge in [-0.25, -0.2) is 0 Å². The maximum Gasteiger partial charge on any atom is 0.0756 e. The van der Waals surface area contributed by atoms with Crippen LogP contribution in [0.5, 0.6) is 0 Å². The summed E-state index contributed by atoms with van der Waals surface area (Å²) < 4.78 is 6.17. The van der Waals surface area contributed by atoms with E-state index < -0.39 is 5.60 Å². The number of aliphatic hydroxyl groups excluding tert-OH is 2. The first-order valence-corrected chi connectivity index (χ1v) is 11.8. The summed E-state index contributed by atoms with van der Waals surface area (Å²) in [5, 5.41) is 30.8. The molecule has 3 N–H and O–H groups in total. The lowest BCUT2D eigenvalue weighted by molar-refractivity contribution is -0.0511. The van der Waals surface area contributed by atoms with Gasteiger partial charge in [0.05, 0.1) is 23.9 Å². The fraction of sp³-hybridized carbons (Fsp3) is 0.769. The molecule has 0 aromatic heterocycles. The summed E-state index contributed by atoms with van der Waals surface area (Å²) in [5.41, 5.74) is 2.81. The average Bonchev–Trinajstić information content (AvgIpc) is 3.00. The van der Waals surface area contributed by atoms with Gasteiger partial charge in [-0.05, 0) is 101 Å². The van der Waals surface area contributed by atoms with Crippen LogP contribution in [-0.4, -0.2) is 45.8 Å². The molecule has 30 heavy (non-hydrogen) atoms. The summed E-state index contributed by atoms with van der Waals surface area (Å²) in [5.74, 6) is 0.824. The van der Waals surface area contributed by atoms with Crippen molar-refractivity contribution in [3.8, 4) is 0 Å². The van der Waals surface area contributed by atoms with Gasteiger partial charge in [-0.1, -0.05) is 31.2 Å². The molecule has 0 radical (unpaired) electrons. The maximum absolute atomic E-state index is 10.8. The molecular weight excluding hydrogens is 376 g/mol.